The second-order valence-corrected chi connectivity index (χ2v) is 6.34. The van der Waals surface area contributed by atoms with Crippen molar-refractivity contribution in [3.05, 3.63) is 28.2 Å². The summed E-state index contributed by atoms with van der Waals surface area (Å²) in [5.74, 6) is 0.394. The molecule has 0 bridgehead atoms. The molecule has 1 aromatic rings. The maximum atomic E-state index is 11.8. The lowest BCUT2D eigenvalue weighted by molar-refractivity contribution is -0.119. The average Bonchev–Trinajstić information content (AvgIpc) is 2.41. The highest BCUT2D eigenvalue weighted by atomic mass is 35.5. The number of hydrogen-bond acceptors (Lipinski definition) is 3. The molecule has 7 heteroatoms. The van der Waals surface area contributed by atoms with Gasteiger partial charge in [-0.25, -0.2) is 0 Å². The highest BCUT2D eigenvalue weighted by Gasteiger charge is 2.15. The fourth-order valence-electron chi connectivity index (χ4n) is 1.98. The summed E-state index contributed by atoms with van der Waals surface area (Å²) in [5, 5.41) is 7.55. The van der Waals surface area contributed by atoms with Crippen LogP contribution in [0.2, 0.25) is 10.0 Å². The van der Waals surface area contributed by atoms with Crippen LogP contribution in [0, 0.1) is 0 Å². The molecule has 1 aliphatic heterocycles. The molecule has 1 heterocycles. The summed E-state index contributed by atoms with van der Waals surface area (Å²) in [6.07, 6.45) is 2.15. The number of nitrogens with one attached hydrogen (secondary N) is 2. The number of carbonyl (C=O) groups excluding carboxylic acids is 1. The lowest BCUT2D eigenvalue weighted by atomic mass is 10.1. The Hall–Kier alpha value is -0.130. The first-order valence-corrected chi connectivity index (χ1v) is 7.97. The van der Waals surface area contributed by atoms with Gasteiger partial charge in [0.05, 0.1) is 10.8 Å². The van der Waals surface area contributed by atoms with E-state index in [1.165, 1.54) is 11.8 Å². The van der Waals surface area contributed by atoms with E-state index in [0.29, 0.717) is 15.8 Å². The largest absolute Gasteiger partial charge is 0.351 e. The maximum absolute atomic E-state index is 11.8. The molecule has 1 aromatic carbocycles. The molecule has 1 aliphatic rings. The normalized spacial score (nSPS) is 18.2. The molecule has 0 aliphatic carbocycles. The second kappa shape index (κ2) is 9.00. The molecule has 1 saturated heterocycles. The van der Waals surface area contributed by atoms with Gasteiger partial charge in [0.15, 0.2) is 0 Å². The van der Waals surface area contributed by atoms with Crippen molar-refractivity contribution in [3.8, 4) is 0 Å². The van der Waals surface area contributed by atoms with Gasteiger partial charge in [-0.05, 0) is 37.6 Å². The van der Waals surface area contributed by atoms with Crippen molar-refractivity contribution < 1.29 is 4.79 Å². The third kappa shape index (κ3) is 5.70. The Morgan fingerprint density at radius 2 is 2.25 bits per heavy atom. The number of halogens is 3. The quantitative estimate of drug-likeness (QED) is 0.814. The lowest BCUT2D eigenvalue weighted by Crippen LogP contribution is -2.46. The molecule has 2 N–H and O–H groups in total. The third-order valence-corrected chi connectivity index (χ3v) is 4.65. The second-order valence-electron chi connectivity index (χ2n) is 4.47. The summed E-state index contributed by atoms with van der Waals surface area (Å²) in [4.78, 5) is 12.7. The number of benzene rings is 1. The minimum absolute atomic E-state index is 0. The summed E-state index contributed by atoms with van der Waals surface area (Å²) in [7, 11) is 0. The van der Waals surface area contributed by atoms with Crippen LogP contribution < -0.4 is 10.6 Å². The predicted octanol–water partition coefficient (Wildman–Crippen LogP) is 3.38. The van der Waals surface area contributed by atoms with E-state index in [2.05, 4.69) is 10.6 Å². The van der Waals surface area contributed by atoms with Crippen LogP contribution in [-0.4, -0.2) is 30.8 Å². The number of rotatable bonds is 4. The summed E-state index contributed by atoms with van der Waals surface area (Å²) >= 11 is 13.4. The average molecular weight is 356 g/mol. The molecule has 0 radical (unpaired) electrons. The van der Waals surface area contributed by atoms with Gasteiger partial charge in [0.25, 0.3) is 0 Å². The van der Waals surface area contributed by atoms with Crippen molar-refractivity contribution in [1.82, 2.24) is 10.6 Å². The van der Waals surface area contributed by atoms with E-state index >= 15 is 0 Å². The van der Waals surface area contributed by atoms with Crippen molar-refractivity contribution in [2.24, 2.45) is 0 Å². The molecule has 0 saturated carbocycles. The lowest BCUT2D eigenvalue weighted by Gasteiger charge is -2.23. The molecule has 1 amide bonds. The molecular formula is C13H17Cl3N2OS. The van der Waals surface area contributed by atoms with Crippen LogP contribution in [0.4, 0.5) is 0 Å². The number of thioether (sulfide) groups is 1. The van der Waals surface area contributed by atoms with E-state index in [4.69, 9.17) is 23.2 Å². The van der Waals surface area contributed by atoms with Gasteiger partial charge in [0.1, 0.15) is 0 Å². The first kappa shape index (κ1) is 17.9. The summed E-state index contributed by atoms with van der Waals surface area (Å²) in [6.45, 7) is 1.90. The van der Waals surface area contributed by atoms with Crippen LogP contribution in [-0.2, 0) is 4.79 Å². The Labute approximate surface area is 139 Å². The van der Waals surface area contributed by atoms with Gasteiger partial charge in [-0.15, -0.1) is 24.2 Å². The number of amides is 1. The first-order valence-electron chi connectivity index (χ1n) is 6.23. The molecule has 1 unspecified atom stereocenters. The molecule has 112 valence electrons. The van der Waals surface area contributed by atoms with Crippen LogP contribution in [0.5, 0.6) is 0 Å². The molecule has 3 nitrogen and oxygen atoms in total. The zero-order chi connectivity index (χ0) is 13.7. The summed E-state index contributed by atoms with van der Waals surface area (Å²) < 4.78 is 0. The van der Waals surface area contributed by atoms with Gasteiger partial charge < -0.3 is 10.6 Å². The Bertz CT molecular complexity index is 453. The fourth-order valence-corrected chi connectivity index (χ4v) is 3.28. The van der Waals surface area contributed by atoms with Crippen molar-refractivity contribution >= 4 is 53.3 Å². The Morgan fingerprint density at radius 1 is 1.45 bits per heavy atom. The van der Waals surface area contributed by atoms with Crippen LogP contribution in [0.25, 0.3) is 0 Å². The highest BCUT2D eigenvalue weighted by Crippen LogP contribution is 2.29. The van der Waals surface area contributed by atoms with Gasteiger partial charge in [-0.3, -0.25) is 4.79 Å². The Morgan fingerprint density at radius 3 is 2.95 bits per heavy atom. The number of carbonyl (C=O) groups is 1. The van der Waals surface area contributed by atoms with E-state index in [1.54, 1.807) is 18.2 Å². The SMILES string of the molecule is Cl.O=C(CSc1cc(Cl)ccc1Cl)NC1CCCNC1. The minimum atomic E-state index is 0. The number of hydrogen-bond donors (Lipinski definition) is 2. The standard InChI is InChI=1S/C13H16Cl2N2OS.ClH/c14-9-3-4-11(15)12(6-9)19-8-13(18)17-10-2-1-5-16-7-10;/h3-4,6,10,16H,1-2,5,7-8H2,(H,17,18);1H. The maximum Gasteiger partial charge on any atom is 0.230 e. The van der Waals surface area contributed by atoms with Gasteiger partial charge in [-0.1, -0.05) is 23.2 Å². The van der Waals surface area contributed by atoms with Crippen molar-refractivity contribution in [3.63, 3.8) is 0 Å². The zero-order valence-corrected chi connectivity index (χ0v) is 14.0. The van der Waals surface area contributed by atoms with Crippen LogP contribution in [0.3, 0.4) is 0 Å². The molecule has 0 aromatic heterocycles. The molecule has 2 rings (SSSR count). The molecular weight excluding hydrogens is 339 g/mol. The van der Waals surface area contributed by atoms with Crippen molar-refractivity contribution in [1.29, 1.82) is 0 Å². The highest BCUT2D eigenvalue weighted by molar-refractivity contribution is 8.00. The van der Waals surface area contributed by atoms with E-state index in [0.717, 1.165) is 30.8 Å². The Balaban J connectivity index is 0.00000200. The third-order valence-electron chi connectivity index (χ3n) is 2.91. The molecule has 0 spiro atoms. The molecule has 20 heavy (non-hydrogen) atoms. The van der Waals surface area contributed by atoms with E-state index < -0.39 is 0 Å². The first-order chi connectivity index (χ1) is 9.15. The van der Waals surface area contributed by atoms with Gasteiger partial charge in [-0.2, -0.15) is 0 Å². The van der Waals surface area contributed by atoms with Gasteiger partial charge >= 0.3 is 0 Å². The van der Waals surface area contributed by atoms with Crippen LogP contribution >= 0.6 is 47.4 Å². The summed E-state index contributed by atoms with van der Waals surface area (Å²) in [5.41, 5.74) is 0. The zero-order valence-electron chi connectivity index (χ0n) is 10.8. The van der Waals surface area contributed by atoms with E-state index in [1.807, 2.05) is 0 Å². The van der Waals surface area contributed by atoms with Crippen molar-refractivity contribution in [2.75, 3.05) is 18.8 Å². The van der Waals surface area contributed by atoms with E-state index in [9.17, 15) is 4.79 Å². The topological polar surface area (TPSA) is 41.1 Å². The van der Waals surface area contributed by atoms with Crippen molar-refractivity contribution in [2.45, 2.75) is 23.8 Å². The minimum Gasteiger partial charge on any atom is -0.351 e. The Kier molecular flexibility index (Phi) is 8.07. The molecule has 1 atom stereocenters. The van der Waals surface area contributed by atoms with Crippen LogP contribution in [0.15, 0.2) is 23.1 Å². The smallest absolute Gasteiger partial charge is 0.230 e. The fraction of sp³-hybridized carbons (Fsp3) is 0.462. The van der Waals surface area contributed by atoms with Gasteiger partial charge in [0.2, 0.25) is 5.91 Å². The monoisotopic (exact) mass is 354 g/mol. The van der Waals surface area contributed by atoms with Crippen LogP contribution in [0.1, 0.15) is 12.8 Å². The predicted molar refractivity (Wildman–Crippen MR) is 88.5 cm³/mol. The number of piperidine rings is 1. The molecule has 1 fully saturated rings. The summed E-state index contributed by atoms with van der Waals surface area (Å²) in [6, 6.07) is 5.51. The van der Waals surface area contributed by atoms with Gasteiger partial charge in [0, 0.05) is 22.5 Å². The van der Waals surface area contributed by atoms with E-state index in [-0.39, 0.29) is 24.4 Å².